The maximum atomic E-state index is 5.70. The Kier molecular flexibility index (Phi) is 4.42. The second-order valence-electron chi connectivity index (χ2n) is 6.70. The molecular weight excluding hydrogens is 318 g/mol. The molecule has 1 aromatic heterocycles. The van der Waals surface area contributed by atoms with Crippen molar-refractivity contribution in [2.24, 2.45) is 0 Å². The van der Waals surface area contributed by atoms with Crippen LogP contribution in [0.4, 0.5) is 5.69 Å². The summed E-state index contributed by atoms with van der Waals surface area (Å²) in [4.78, 5) is 0. The normalized spacial score (nSPS) is 16.9. The van der Waals surface area contributed by atoms with Crippen LogP contribution in [0.25, 0.3) is 0 Å². The molecule has 25 heavy (non-hydrogen) atoms. The van der Waals surface area contributed by atoms with Crippen molar-refractivity contribution in [3.05, 3.63) is 29.6 Å². The number of benzene rings is 1. The maximum Gasteiger partial charge on any atom is 0.203 e. The van der Waals surface area contributed by atoms with Crippen LogP contribution in [0, 0.1) is 6.92 Å². The van der Waals surface area contributed by atoms with Crippen molar-refractivity contribution in [2.75, 3.05) is 25.6 Å². The van der Waals surface area contributed by atoms with Gasteiger partial charge in [0.25, 0.3) is 0 Å². The van der Waals surface area contributed by atoms with Crippen LogP contribution in [0.3, 0.4) is 0 Å². The van der Waals surface area contributed by atoms with Crippen LogP contribution >= 0.6 is 0 Å². The SMILES string of the molecule is COc1cc(CNc2cnn(C3CCCC3)c2C)cc2c1OCCO2. The van der Waals surface area contributed by atoms with Crippen molar-refractivity contribution >= 4 is 5.69 Å². The number of nitrogens with one attached hydrogen (secondary N) is 1. The zero-order chi connectivity index (χ0) is 17.2. The van der Waals surface area contributed by atoms with Gasteiger partial charge in [-0.05, 0) is 37.5 Å². The number of ether oxygens (including phenoxy) is 3. The molecule has 1 N–H and O–H groups in total. The average molecular weight is 343 g/mol. The summed E-state index contributed by atoms with van der Waals surface area (Å²) in [6, 6.07) is 4.57. The fraction of sp³-hybridized carbons (Fsp3) is 0.526. The molecule has 1 fully saturated rings. The second-order valence-corrected chi connectivity index (χ2v) is 6.70. The monoisotopic (exact) mass is 343 g/mol. The van der Waals surface area contributed by atoms with E-state index in [1.165, 1.54) is 31.4 Å². The van der Waals surface area contributed by atoms with Crippen LogP contribution in [0.15, 0.2) is 18.3 Å². The van der Waals surface area contributed by atoms with Crippen LogP contribution in [-0.4, -0.2) is 30.1 Å². The van der Waals surface area contributed by atoms with Crippen LogP contribution in [0.5, 0.6) is 17.2 Å². The first kappa shape index (κ1) is 16.1. The summed E-state index contributed by atoms with van der Waals surface area (Å²) < 4.78 is 19.0. The summed E-state index contributed by atoms with van der Waals surface area (Å²) in [7, 11) is 1.65. The molecular formula is C19H25N3O3. The van der Waals surface area contributed by atoms with Crippen LogP contribution in [0.2, 0.25) is 0 Å². The molecule has 2 aliphatic rings. The smallest absolute Gasteiger partial charge is 0.203 e. The lowest BCUT2D eigenvalue weighted by molar-refractivity contribution is 0.165. The molecule has 6 nitrogen and oxygen atoms in total. The fourth-order valence-corrected chi connectivity index (χ4v) is 3.74. The van der Waals surface area contributed by atoms with Gasteiger partial charge in [0.2, 0.25) is 5.75 Å². The second kappa shape index (κ2) is 6.86. The number of anilines is 1. The molecule has 0 unspecified atom stereocenters. The predicted octanol–water partition coefficient (Wildman–Crippen LogP) is 3.70. The Morgan fingerprint density at radius 3 is 2.84 bits per heavy atom. The topological polar surface area (TPSA) is 57.5 Å². The highest BCUT2D eigenvalue weighted by Gasteiger charge is 2.21. The highest BCUT2D eigenvalue weighted by molar-refractivity contribution is 5.55. The Morgan fingerprint density at radius 1 is 1.24 bits per heavy atom. The summed E-state index contributed by atoms with van der Waals surface area (Å²) >= 11 is 0. The van der Waals surface area contributed by atoms with Gasteiger partial charge in [-0.15, -0.1) is 0 Å². The third-order valence-electron chi connectivity index (χ3n) is 5.09. The first-order chi connectivity index (χ1) is 12.3. The molecule has 0 atom stereocenters. The molecule has 1 aliphatic heterocycles. The molecule has 0 radical (unpaired) electrons. The molecule has 1 aliphatic carbocycles. The molecule has 6 heteroatoms. The summed E-state index contributed by atoms with van der Waals surface area (Å²) in [5, 5.41) is 8.09. The molecule has 0 amide bonds. The number of fused-ring (bicyclic) bond motifs is 1. The molecule has 1 aromatic carbocycles. The zero-order valence-electron chi connectivity index (χ0n) is 14.9. The van der Waals surface area contributed by atoms with E-state index in [9.17, 15) is 0 Å². The molecule has 0 bridgehead atoms. The van der Waals surface area contributed by atoms with E-state index in [-0.39, 0.29) is 0 Å². The molecule has 134 valence electrons. The van der Waals surface area contributed by atoms with Gasteiger partial charge < -0.3 is 19.5 Å². The zero-order valence-corrected chi connectivity index (χ0v) is 14.9. The van der Waals surface area contributed by atoms with Crippen molar-refractivity contribution in [2.45, 2.75) is 45.2 Å². The van der Waals surface area contributed by atoms with Gasteiger partial charge >= 0.3 is 0 Å². The summed E-state index contributed by atoms with van der Waals surface area (Å²) in [6.45, 7) is 3.95. The number of rotatable bonds is 5. The van der Waals surface area contributed by atoms with E-state index in [4.69, 9.17) is 14.2 Å². The van der Waals surface area contributed by atoms with Gasteiger partial charge in [0, 0.05) is 6.54 Å². The first-order valence-corrected chi connectivity index (χ1v) is 9.00. The van der Waals surface area contributed by atoms with Gasteiger partial charge in [-0.25, -0.2) is 0 Å². The molecule has 0 saturated heterocycles. The van der Waals surface area contributed by atoms with Gasteiger partial charge in [-0.3, -0.25) is 4.68 Å². The third kappa shape index (κ3) is 3.13. The Labute approximate surface area is 148 Å². The molecule has 2 heterocycles. The lowest BCUT2D eigenvalue weighted by Crippen LogP contribution is -2.16. The summed E-state index contributed by atoms with van der Waals surface area (Å²) in [6.07, 6.45) is 7.03. The van der Waals surface area contributed by atoms with Gasteiger partial charge in [0.1, 0.15) is 13.2 Å². The Bertz CT molecular complexity index is 733. The molecule has 0 spiro atoms. The first-order valence-electron chi connectivity index (χ1n) is 9.00. The van der Waals surface area contributed by atoms with E-state index in [1.54, 1.807) is 7.11 Å². The molecule has 2 aromatic rings. The van der Waals surface area contributed by atoms with Gasteiger partial charge in [0.05, 0.1) is 30.7 Å². The fourth-order valence-electron chi connectivity index (χ4n) is 3.74. The van der Waals surface area contributed by atoms with E-state index in [1.807, 2.05) is 18.3 Å². The molecule has 4 rings (SSSR count). The van der Waals surface area contributed by atoms with E-state index < -0.39 is 0 Å². The molecule has 1 saturated carbocycles. The lowest BCUT2D eigenvalue weighted by atomic mass is 10.1. The largest absolute Gasteiger partial charge is 0.493 e. The number of hydrogen-bond acceptors (Lipinski definition) is 5. The standard InChI is InChI=1S/C19H25N3O3/c1-13-16(12-21-22(13)15-5-3-4-6-15)20-11-14-9-17(23-2)19-18(10-14)24-7-8-25-19/h9-10,12,15,20H,3-8,11H2,1-2H3. The van der Waals surface area contributed by atoms with Crippen LogP contribution in [-0.2, 0) is 6.54 Å². The lowest BCUT2D eigenvalue weighted by Gasteiger charge is -2.21. The van der Waals surface area contributed by atoms with Crippen LogP contribution in [0.1, 0.15) is 43.0 Å². The minimum atomic E-state index is 0.556. The third-order valence-corrected chi connectivity index (χ3v) is 5.09. The predicted molar refractivity (Wildman–Crippen MR) is 95.8 cm³/mol. The van der Waals surface area contributed by atoms with Gasteiger partial charge in [-0.1, -0.05) is 12.8 Å². The van der Waals surface area contributed by atoms with Gasteiger partial charge in [-0.2, -0.15) is 5.10 Å². The Morgan fingerprint density at radius 2 is 2.04 bits per heavy atom. The number of methoxy groups -OCH3 is 1. The Balaban J connectivity index is 1.50. The quantitative estimate of drug-likeness (QED) is 0.897. The van der Waals surface area contributed by atoms with Crippen molar-refractivity contribution in [3.8, 4) is 17.2 Å². The van der Waals surface area contributed by atoms with Crippen molar-refractivity contribution in [1.82, 2.24) is 9.78 Å². The van der Waals surface area contributed by atoms with Gasteiger partial charge in [0.15, 0.2) is 11.5 Å². The minimum absolute atomic E-state index is 0.556. The van der Waals surface area contributed by atoms with E-state index in [0.717, 1.165) is 17.0 Å². The van der Waals surface area contributed by atoms with Crippen LogP contribution < -0.4 is 19.5 Å². The van der Waals surface area contributed by atoms with E-state index in [0.29, 0.717) is 37.3 Å². The minimum Gasteiger partial charge on any atom is -0.493 e. The van der Waals surface area contributed by atoms with Crippen molar-refractivity contribution in [3.63, 3.8) is 0 Å². The Hall–Kier alpha value is -2.37. The highest BCUT2D eigenvalue weighted by Crippen LogP contribution is 2.40. The average Bonchev–Trinajstić information content (AvgIpc) is 3.29. The summed E-state index contributed by atoms with van der Waals surface area (Å²) in [5.41, 5.74) is 3.38. The van der Waals surface area contributed by atoms with Crippen molar-refractivity contribution < 1.29 is 14.2 Å². The highest BCUT2D eigenvalue weighted by atomic mass is 16.6. The van der Waals surface area contributed by atoms with Crippen molar-refractivity contribution in [1.29, 1.82) is 0 Å². The van der Waals surface area contributed by atoms with E-state index >= 15 is 0 Å². The summed E-state index contributed by atoms with van der Waals surface area (Å²) in [5.74, 6) is 2.16. The maximum absolute atomic E-state index is 5.70. The van der Waals surface area contributed by atoms with E-state index in [2.05, 4.69) is 22.0 Å². The number of nitrogens with zero attached hydrogens (tertiary/aromatic N) is 2. The number of aromatic nitrogens is 2. The number of hydrogen-bond donors (Lipinski definition) is 1.